The van der Waals surface area contributed by atoms with Gasteiger partial charge in [0.1, 0.15) is 0 Å². The van der Waals surface area contributed by atoms with Crippen LogP contribution in [0.15, 0.2) is 0 Å². The Morgan fingerprint density at radius 2 is 2.11 bits per heavy atom. The predicted octanol–water partition coefficient (Wildman–Crippen LogP) is 1.04. The summed E-state index contributed by atoms with van der Waals surface area (Å²) in [5, 5.41) is 10.5. The number of hydrogen-bond acceptors (Lipinski definition) is 3. The van der Waals surface area contributed by atoms with E-state index in [2.05, 4.69) is 15.7 Å². The number of nitrogens with zero attached hydrogens (tertiary/aromatic N) is 2. The van der Waals surface area contributed by atoms with Crippen molar-refractivity contribution < 1.29 is 4.79 Å². The maximum Gasteiger partial charge on any atom is 0.236 e. The highest BCUT2D eigenvalue weighted by Gasteiger charge is 2.14. The number of rotatable bonds is 6. The van der Waals surface area contributed by atoms with Gasteiger partial charge < -0.3 is 10.6 Å². The van der Waals surface area contributed by atoms with Crippen LogP contribution in [0, 0.1) is 13.8 Å². The van der Waals surface area contributed by atoms with Gasteiger partial charge in [0.25, 0.3) is 0 Å². The predicted molar refractivity (Wildman–Crippen MR) is 72.3 cm³/mol. The van der Waals surface area contributed by atoms with Crippen molar-refractivity contribution >= 4 is 5.91 Å². The number of hydrogen-bond donors (Lipinski definition) is 2. The van der Waals surface area contributed by atoms with E-state index in [-0.39, 0.29) is 11.9 Å². The van der Waals surface area contributed by atoms with Crippen LogP contribution in [0.2, 0.25) is 0 Å². The topological polar surface area (TPSA) is 59.0 Å². The standard InChI is InChI=1S/C13H24N4O/c1-6-7-14-13(18)10(3)15-8-12-9(2)16-17(5)11(12)4/h10,15H,6-8H2,1-5H3,(H,14,18). The molecule has 1 rings (SSSR count). The fraction of sp³-hybridized carbons (Fsp3) is 0.692. The molecule has 0 aliphatic rings. The van der Waals surface area contributed by atoms with E-state index in [1.54, 1.807) is 0 Å². The molecule has 0 saturated carbocycles. The van der Waals surface area contributed by atoms with Crippen LogP contribution in [0.3, 0.4) is 0 Å². The van der Waals surface area contributed by atoms with Crippen LogP contribution in [0.1, 0.15) is 37.2 Å². The molecule has 0 aliphatic carbocycles. The largest absolute Gasteiger partial charge is 0.355 e. The number of aromatic nitrogens is 2. The number of carbonyl (C=O) groups is 1. The van der Waals surface area contributed by atoms with Crippen molar-refractivity contribution in [1.29, 1.82) is 0 Å². The van der Waals surface area contributed by atoms with E-state index >= 15 is 0 Å². The second kappa shape index (κ2) is 6.54. The van der Waals surface area contributed by atoms with Crippen LogP contribution < -0.4 is 10.6 Å². The van der Waals surface area contributed by atoms with Gasteiger partial charge in [0.05, 0.1) is 11.7 Å². The molecule has 2 N–H and O–H groups in total. The maximum atomic E-state index is 11.7. The average Bonchev–Trinajstić information content (AvgIpc) is 2.58. The summed E-state index contributed by atoms with van der Waals surface area (Å²) in [7, 11) is 1.93. The van der Waals surface area contributed by atoms with E-state index in [4.69, 9.17) is 0 Å². The van der Waals surface area contributed by atoms with Gasteiger partial charge in [0.2, 0.25) is 5.91 Å². The van der Waals surface area contributed by atoms with Gasteiger partial charge in [-0.2, -0.15) is 5.10 Å². The van der Waals surface area contributed by atoms with Gasteiger partial charge in [-0.25, -0.2) is 0 Å². The highest BCUT2D eigenvalue weighted by atomic mass is 16.2. The summed E-state index contributed by atoms with van der Waals surface area (Å²) >= 11 is 0. The van der Waals surface area contributed by atoms with E-state index in [0.717, 1.165) is 24.4 Å². The van der Waals surface area contributed by atoms with Crippen molar-refractivity contribution in [3.63, 3.8) is 0 Å². The molecule has 0 bridgehead atoms. The van der Waals surface area contributed by atoms with Crippen LogP contribution in [0.4, 0.5) is 0 Å². The second-order valence-electron chi connectivity index (χ2n) is 4.67. The fourth-order valence-corrected chi connectivity index (χ4v) is 1.82. The zero-order valence-electron chi connectivity index (χ0n) is 12.0. The fourth-order valence-electron chi connectivity index (χ4n) is 1.82. The molecule has 1 aromatic rings. The zero-order chi connectivity index (χ0) is 13.7. The summed E-state index contributed by atoms with van der Waals surface area (Å²) in [6.07, 6.45) is 0.958. The first-order chi connectivity index (χ1) is 8.47. The summed E-state index contributed by atoms with van der Waals surface area (Å²) in [4.78, 5) is 11.7. The molecule has 0 radical (unpaired) electrons. The minimum Gasteiger partial charge on any atom is -0.355 e. The Morgan fingerprint density at radius 1 is 1.44 bits per heavy atom. The number of carbonyl (C=O) groups excluding carboxylic acids is 1. The van der Waals surface area contributed by atoms with Crippen molar-refractivity contribution in [3.05, 3.63) is 17.0 Å². The molecule has 0 saturated heterocycles. The third-order valence-corrected chi connectivity index (χ3v) is 3.19. The average molecular weight is 252 g/mol. The van der Waals surface area contributed by atoms with E-state index in [0.29, 0.717) is 6.54 Å². The minimum atomic E-state index is -0.185. The lowest BCUT2D eigenvalue weighted by Crippen LogP contribution is -2.42. The van der Waals surface area contributed by atoms with Crippen molar-refractivity contribution in [2.45, 2.75) is 46.7 Å². The smallest absolute Gasteiger partial charge is 0.236 e. The summed E-state index contributed by atoms with van der Waals surface area (Å²) in [5.74, 6) is 0.0519. The molecule has 1 heterocycles. The minimum absolute atomic E-state index is 0.0519. The van der Waals surface area contributed by atoms with E-state index in [9.17, 15) is 4.79 Å². The first kappa shape index (κ1) is 14.7. The van der Waals surface area contributed by atoms with E-state index in [1.807, 2.05) is 39.4 Å². The summed E-state index contributed by atoms with van der Waals surface area (Å²) < 4.78 is 1.87. The Bertz CT molecular complexity index is 411. The first-order valence-electron chi connectivity index (χ1n) is 6.47. The van der Waals surface area contributed by atoms with Gasteiger partial charge >= 0.3 is 0 Å². The normalized spacial score (nSPS) is 12.5. The molecule has 102 valence electrons. The van der Waals surface area contributed by atoms with E-state index in [1.165, 1.54) is 5.56 Å². The monoisotopic (exact) mass is 252 g/mol. The first-order valence-corrected chi connectivity index (χ1v) is 6.47. The van der Waals surface area contributed by atoms with Crippen molar-refractivity contribution in [3.8, 4) is 0 Å². The van der Waals surface area contributed by atoms with Crippen LogP contribution in [-0.2, 0) is 18.4 Å². The molecule has 1 amide bonds. The van der Waals surface area contributed by atoms with Gasteiger partial charge in [-0.05, 0) is 27.2 Å². The summed E-state index contributed by atoms with van der Waals surface area (Å²) in [5.41, 5.74) is 3.33. The summed E-state index contributed by atoms with van der Waals surface area (Å²) in [6.45, 7) is 9.36. The molecule has 5 heteroatoms. The quantitative estimate of drug-likeness (QED) is 0.795. The van der Waals surface area contributed by atoms with Gasteiger partial charge in [-0.1, -0.05) is 6.92 Å². The molecule has 0 fully saturated rings. The lowest BCUT2D eigenvalue weighted by atomic mass is 10.2. The Kier molecular flexibility index (Phi) is 5.34. The lowest BCUT2D eigenvalue weighted by Gasteiger charge is -2.13. The van der Waals surface area contributed by atoms with Gasteiger partial charge in [-0.15, -0.1) is 0 Å². The summed E-state index contributed by atoms with van der Waals surface area (Å²) in [6, 6.07) is -0.185. The van der Waals surface area contributed by atoms with Crippen LogP contribution in [-0.4, -0.2) is 28.3 Å². The molecular weight excluding hydrogens is 228 g/mol. The molecule has 1 atom stereocenters. The molecule has 0 spiro atoms. The lowest BCUT2D eigenvalue weighted by molar-refractivity contribution is -0.122. The van der Waals surface area contributed by atoms with Crippen LogP contribution in [0.25, 0.3) is 0 Å². The molecule has 0 aliphatic heterocycles. The molecule has 1 unspecified atom stereocenters. The Hall–Kier alpha value is -1.36. The second-order valence-corrected chi connectivity index (χ2v) is 4.67. The number of amides is 1. The molecular formula is C13H24N4O. The van der Waals surface area contributed by atoms with Gasteiger partial charge in [0.15, 0.2) is 0 Å². The molecule has 1 aromatic heterocycles. The van der Waals surface area contributed by atoms with Gasteiger partial charge in [-0.3, -0.25) is 9.48 Å². The van der Waals surface area contributed by atoms with Crippen molar-refractivity contribution in [1.82, 2.24) is 20.4 Å². The Morgan fingerprint density at radius 3 is 2.61 bits per heavy atom. The number of nitrogens with one attached hydrogen (secondary N) is 2. The molecule has 0 aromatic carbocycles. The highest BCUT2D eigenvalue weighted by Crippen LogP contribution is 2.11. The third-order valence-electron chi connectivity index (χ3n) is 3.19. The van der Waals surface area contributed by atoms with Crippen LogP contribution >= 0.6 is 0 Å². The molecule has 18 heavy (non-hydrogen) atoms. The van der Waals surface area contributed by atoms with Gasteiger partial charge in [0, 0.05) is 31.4 Å². The van der Waals surface area contributed by atoms with Crippen LogP contribution in [0.5, 0.6) is 0 Å². The zero-order valence-corrected chi connectivity index (χ0v) is 12.0. The molecule has 5 nitrogen and oxygen atoms in total. The Balaban J connectivity index is 2.52. The Labute approximate surface area is 109 Å². The van der Waals surface area contributed by atoms with E-state index < -0.39 is 0 Å². The SMILES string of the molecule is CCCNC(=O)C(C)NCc1c(C)nn(C)c1C. The van der Waals surface area contributed by atoms with Crippen molar-refractivity contribution in [2.24, 2.45) is 7.05 Å². The third kappa shape index (κ3) is 3.57. The highest BCUT2D eigenvalue weighted by molar-refractivity contribution is 5.81. The number of aryl methyl sites for hydroxylation is 2. The van der Waals surface area contributed by atoms with Crippen molar-refractivity contribution in [2.75, 3.05) is 6.54 Å². The maximum absolute atomic E-state index is 11.7.